The summed E-state index contributed by atoms with van der Waals surface area (Å²) in [7, 11) is 1.63. The van der Waals surface area contributed by atoms with Crippen molar-refractivity contribution >= 4 is 35.1 Å². The number of nitrogens with one attached hydrogen (secondary N) is 2. The second-order valence-corrected chi connectivity index (χ2v) is 4.35. The average molecular weight is 304 g/mol. The van der Waals surface area contributed by atoms with E-state index in [1.165, 1.54) is 10.6 Å². The molecule has 2 heterocycles. The predicted octanol–water partition coefficient (Wildman–Crippen LogP) is 2.10. The van der Waals surface area contributed by atoms with Crippen LogP contribution < -0.4 is 10.1 Å². The van der Waals surface area contributed by atoms with E-state index in [1.807, 2.05) is 6.92 Å². The Balaban J connectivity index is 2.13. The first-order valence-electron chi connectivity index (χ1n) is 5.40. The number of H-pyrrole nitrogens is 1. The molecule has 0 atom stereocenters. The maximum absolute atomic E-state index is 12.0. The van der Waals surface area contributed by atoms with Gasteiger partial charge in [-0.1, -0.05) is 23.2 Å². The van der Waals surface area contributed by atoms with E-state index in [1.54, 1.807) is 7.05 Å². The number of ether oxygens (including phenoxy) is 1. The first-order valence-corrected chi connectivity index (χ1v) is 6.15. The smallest absolute Gasteiger partial charge is 0.337 e. The fourth-order valence-electron chi connectivity index (χ4n) is 1.43. The molecule has 9 heteroatoms. The highest BCUT2D eigenvalue weighted by Gasteiger charge is 2.17. The Labute approximate surface area is 118 Å². The van der Waals surface area contributed by atoms with Gasteiger partial charge in [-0.05, 0) is 13.0 Å². The standard InChI is InChI=1S/C10H11Cl2N5O2/c1-3-19-10-14-9(15-16-10)13-8(18)6-4-5(11)7(12)17(6)2/h4H,3H2,1-2H3,(H2,13,14,15,16,18). The number of carbonyl (C=O) groups excluding carboxylic acids is 1. The summed E-state index contributed by atoms with van der Waals surface area (Å²) < 4.78 is 6.54. The van der Waals surface area contributed by atoms with Gasteiger partial charge in [0.2, 0.25) is 5.95 Å². The van der Waals surface area contributed by atoms with E-state index in [-0.39, 0.29) is 12.0 Å². The molecule has 0 bridgehead atoms. The molecule has 0 aliphatic heterocycles. The highest BCUT2D eigenvalue weighted by molar-refractivity contribution is 6.42. The highest BCUT2D eigenvalue weighted by Crippen LogP contribution is 2.25. The molecule has 0 aromatic carbocycles. The van der Waals surface area contributed by atoms with Crippen molar-refractivity contribution in [3.63, 3.8) is 0 Å². The topological polar surface area (TPSA) is 84.8 Å². The molecular formula is C10H11Cl2N5O2. The van der Waals surface area contributed by atoms with E-state index < -0.39 is 5.91 Å². The zero-order valence-electron chi connectivity index (χ0n) is 10.2. The van der Waals surface area contributed by atoms with Gasteiger partial charge in [-0.25, -0.2) is 5.10 Å². The maximum atomic E-state index is 12.0. The molecule has 0 spiro atoms. The number of halogens is 2. The van der Waals surface area contributed by atoms with Crippen LogP contribution in [0.25, 0.3) is 0 Å². The molecule has 0 radical (unpaired) electrons. The molecule has 19 heavy (non-hydrogen) atoms. The molecule has 1 amide bonds. The normalized spacial score (nSPS) is 10.5. The van der Waals surface area contributed by atoms with Gasteiger partial charge in [0, 0.05) is 7.05 Å². The molecular weight excluding hydrogens is 293 g/mol. The number of rotatable bonds is 4. The second kappa shape index (κ2) is 5.50. The Bertz CT molecular complexity index is 607. The molecule has 0 aliphatic rings. The third kappa shape index (κ3) is 2.82. The molecule has 0 saturated heterocycles. The average Bonchev–Trinajstić information content (AvgIpc) is 2.90. The van der Waals surface area contributed by atoms with Crippen LogP contribution in [-0.4, -0.2) is 32.3 Å². The molecule has 0 fully saturated rings. The Morgan fingerprint density at radius 1 is 1.58 bits per heavy atom. The van der Waals surface area contributed by atoms with Crippen molar-refractivity contribution in [1.29, 1.82) is 0 Å². The van der Waals surface area contributed by atoms with E-state index in [0.29, 0.717) is 22.5 Å². The van der Waals surface area contributed by atoms with Crippen molar-refractivity contribution < 1.29 is 9.53 Å². The van der Waals surface area contributed by atoms with Gasteiger partial charge in [0.25, 0.3) is 5.91 Å². The van der Waals surface area contributed by atoms with Crippen molar-refractivity contribution in [1.82, 2.24) is 19.7 Å². The molecule has 7 nitrogen and oxygen atoms in total. The molecule has 2 rings (SSSR count). The van der Waals surface area contributed by atoms with Crippen LogP contribution in [0.15, 0.2) is 6.07 Å². The van der Waals surface area contributed by atoms with Crippen LogP contribution in [0.3, 0.4) is 0 Å². The fraction of sp³-hybridized carbons (Fsp3) is 0.300. The van der Waals surface area contributed by atoms with Crippen molar-refractivity contribution in [2.75, 3.05) is 11.9 Å². The summed E-state index contributed by atoms with van der Waals surface area (Å²) in [6, 6.07) is 1.64. The second-order valence-electron chi connectivity index (χ2n) is 3.58. The van der Waals surface area contributed by atoms with Crippen LogP contribution in [0.5, 0.6) is 6.01 Å². The lowest BCUT2D eigenvalue weighted by atomic mass is 10.4. The SMILES string of the molecule is CCOc1n[nH]c(NC(=O)c2cc(Cl)c(Cl)n2C)n1. The number of aromatic nitrogens is 4. The first-order chi connectivity index (χ1) is 9.02. The predicted molar refractivity (Wildman–Crippen MR) is 70.9 cm³/mol. The van der Waals surface area contributed by atoms with Crippen LogP contribution in [0.1, 0.15) is 17.4 Å². The summed E-state index contributed by atoms with van der Waals surface area (Å²) in [5.41, 5.74) is 0.310. The maximum Gasteiger partial charge on any atom is 0.337 e. The van der Waals surface area contributed by atoms with E-state index in [9.17, 15) is 4.79 Å². The fourth-order valence-corrected chi connectivity index (χ4v) is 1.80. The number of nitrogens with zero attached hydrogens (tertiary/aromatic N) is 3. The molecule has 102 valence electrons. The third-order valence-electron chi connectivity index (χ3n) is 2.32. The molecule has 0 saturated carbocycles. The van der Waals surface area contributed by atoms with Crippen LogP contribution in [0, 0.1) is 0 Å². The third-order valence-corrected chi connectivity index (χ3v) is 3.16. The zero-order valence-corrected chi connectivity index (χ0v) is 11.7. The molecule has 0 aliphatic carbocycles. The van der Waals surface area contributed by atoms with E-state index >= 15 is 0 Å². The van der Waals surface area contributed by atoms with E-state index in [0.717, 1.165) is 0 Å². The summed E-state index contributed by atoms with van der Waals surface area (Å²) in [5.74, 6) is -0.225. The summed E-state index contributed by atoms with van der Waals surface area (Å²) in [4.78, 5) is 15.9. The zero-order chi connectivity index (χ0) is 14.0. The minimum absolute atomic E-state index is 0.167. The minimum atomic E-state index is -0.407. The molecule has 2 N–H and O–H groups in total. The van der Waals surface area contributed by atoms with Crippen molar-refractivity contribution in [2.24, 2.45) is 7.05 Å². The van der Waals surface area contributed by atoms with Crippen molar-refractivity contribution in [3.8, 4) is 6.01 Å². The van der Waals surface area contributed by atoms with Gasteiger partial charge in [-0.15, -0.1) is 5.10 Å². The van der Waals surface area contributed by atoms with Gasteiger partial charge in [0.15, 0.2) is 0 Å². The summed E-state index contributed by atoms with van der Waals surface area (Å²) >= 11 is 11.7. The molecule has 0 unspecified atom stereocenters. The van der Waals surface area contributed by atoms with Gasteiger partial charge in [-0.3, -0.25) is 10.1 Å². The van der Waals surface area contributed by atoms with Gasteiger partial charge in [-0.2, -0.15) is 4.98 Å². The van der Waals surface area contributed by atoms with Gasteiger partial charge in [0.05, 0.1) is 11.6 Å². The summed E-state index contributed by atoms with van der Waals surface area (Å²) in [6.45, 7) is 2.25. The number of hydrogen-bond acceptors (Lipinski definition) is 4. The Morgan fingerprint density at radius 2 is 2.32 bits per heavy atom. The van der Waals surface area contributed by atoms with Crippen molar-refractivity contribution in [2.45, 2.75) is 6.92 Å². The Kier molecular flexibility index (Phi) is 3.96. The summed E-state index contributed by atoms with van der Waals surface area (Å²) in [6.07, 6.45) is 0. The van der Waals surface area contributed by atoms with Crippen LogP contribution in [0.4, 0.5) is 5.95 Å². The highest BCUT2D eigenvalue weighted by atomic mass is 35.5. The number of amides is 1. The Hall–Kier alpha value is -1.73. The van der Waals surface area contributed by atoms with Gasteiger partial charge in [0.1, 0.15) is 10.8 Å². The van der Waals surface area contributed by atoms with E-state index in [2.05, 4.69) is 20.5 Å². The number of carbonyl (C=O) groups is 1. The largest absolute Gasteiger partial charge is 0.463 e. The van der Waals surface area contributed by atoms with Gasteiger partial charge < -0.3 is 9.30 Å². The molecule has 2 aromatic heterocycles. The lowest BCUT2D eigenvalue weighted by Crippen LogP contribution is -2.16. The van der Waals surface area contributed by atoms with E-state index in [4.69, 9.17) is 27.9 Å². The van der Waals surface area contributed by atoms with Crippen molar-refractivity contribution in [3.05, 3.63) is 21.9 Å². The lowest BCUT2D eigenvalue weighted by molar-refractivity contribution is 0.101. The lowest BCUT2D eigenvalue weighted by Gasteiger charge is -2.03. The quantitative estimate of drug-likeness (QED) is 0.906. The summed E-state index contributed by atoms with van der Waals surface area (Å²) in [5, 5.41) is 9.44. The number of aromatic amines is 1. The van der Waals surface area contributed by atoms with Crippen LogP contribution >= 0.6 is 23.2 Å². The monoisotopic (exact) mass is 303 g/mol. The minimum Gasteiger partial charge on any atom is -0.463 e. The number of anilines is 1. The van der Waals surface area contributed by atoms with Crippen LogP contribution in [0.2, 0.25) is 10.2 Å². The van der Waals surface area contributed by atoms with Gasteiger partial charge >= 0.3 is 6.01 Å². The molecule has 2 aromatic rings. The Morgan fingerprint density at radius 3 is 2.89 bits per heavy atom. The number of hydrogen-bond donors (Lipinski definition) is 2. The van der Waals surface area contributed by atoms with Crippen LogP contribution in [-0.2, 0) is 7.05 Å². The first kappa shape index (κ1) is 13.7.